The monoisotopic (exact) mass is 199 g/mol. The van der Waals surface area contributed by atoms with Gasteiger partial charge in [0.25, 0.3) is 0 Å². The summed E-state index contributed by atoms with van der Waals surface area (Å²) in [6, 6.07) is 0.0960. The second-order valence-electron chi connectivity index (χ2n) is 3.76. The van der Waals surface area contributed by atoms with E-state index in [1.165, 1.54) is 0 Å². The molecule has 2 amide bonds. The first-order chi connectivity index (χ1) is 6.59. The van der Waals surface area contributed by atoms with Crippen LogP contribution in [0.15, 0.2) is 0 Å². The van der Waals surface area contributed by atoms with E-state index in [0.29, 0.717) is 19.5 Å². The number of carbonyl (C=O) groups is 2. The lowest BCUT2D eigenvalue weighted by Gasteiger charge is -2.10. The molecule has 2 unspecified atom stereocenters. The first-order valence-corrected chi connectivity index (χ1v) is 4.89. The molecule has 0 radical (unpaired) electrons. The average molecular weight is 199 g/mol. The zero-order valence-electron chi connectivity index (χ0n) is 8.38. The third-order valence-electron chi connectivity index (χ3n) is 2.25. The molecule has 1 rings (SSSR count). The lowest BCUT2D eigenvalue weighted by Crippen LogP contribution is -2.34. The Balaban J connectivity index is 2.18. The molecule has 0 spiro atoms. The van der Waals surface area contributed by atoms with Crippen LogP contribution in [0.2, 0.25) is 0 Å². The fourth-order valence-electron chi connectivity index (χ4n) is 1.36. The second kappa shape index (κ2) is 4.95. The molecule has 1 fully saturated rings. The molecule has 1 heterocycles. The summed E-state index contributed by atoms with van der Waals surface area (Å²) in [5, 5.41) is 5.39. The highest BCUT2D eigenvalue weighted by atomic mass is 16.2. The van der Waals surface area contributed by atoms with Crippen molar-refractivity contribution in [1.82, 2.24) is 10.6 Å². The van der Waals surface area contributed by atoms with Crippen LogP contribution in [-0.4, -0.2) is 30.9 Å². The Hall–Kier alpha value is -1.10. The van der Waals surface area contributed by atoms with E-state index < -0.39 is 0 Å². The summed E-state index contributed by atoms with van der Waals surface area (Å²) < 4.78 is 0. The van der Waals surface area contributed by atoms with Crippen LogP contribution >= 0.6 is 0 Å². The molecule has 0 aromatic carbocycles. The van der Waals surface area contributed by atoms with E-state index in [0.717, 1.165) is 6.42 Å². The minimum Gasteiger partial charge on any atom is -0.356 e. The lowest BCUT2D eigenvalue weighted by molar-refractivity contribution is -0.126. The van der Waals surface area contributed by atoms with Crippen LogP contribution in [0.3, 0.4) is 0 Å². The molecule has 5 heteroatoms. The summed E-state index contributed by atoms with van der Waals surface area (Å²) in [6.07, 6.45) is 1.07. The van der Waals surface area contributed by atoms with Gasteiger partial charge in [0.1, 0.15) is 0 Å². The van der Waals surface area contributed by atoms with Gasteiger partial charge in [0.15, 0.2) is 0 Å². The van der Waals surface area contributed by atoms with E-state index in [9.17, 15) is 9.59 Å². The number of hydrogen-bond donors (Lipinski definition) is 3. The number of nitrogens with two attached hydrogens (primary N) is 1. The quantitative estimate of drug-likeness (QED) is 0.541. The molecular formula is C9H17N3O2. The van der Waals surface area contributed by atoms with Gasteiger partial charge < -0.3 is 16.4 Å². The van der Waals surface area contributed by atoms with E-state index in [4.69, 9.17) is 5.73 Å². The van der Waals surface area contributed by atoms with Crippen molar-refractivity contribution < 1.29 is 9.59 Å². The SMILES string of the molecule is CC(N)CCNC(=O)C1CNC(=O)C1. The Bertz CT molecular complexity index is 228. The van der Waals surface area contributed by atoms with Gasteiger partial charge in [-0.15, -0.1) is 0 Å². The average Bonchev–Trinajstić information content (AvgIpc) is 2.51. The van der Waals surface area contributed by atoms with Crippen molar-refractivity contribution in [2.24, 2.45) is 11.7 Å². The number of hydrogen-bond acceptors (Lipinski definition) is 3. The van der Waals surface area contributed by atoms with Gasteiger partial charge in [0.2, 0.25) is 11.8 Å². The summed E-state index contributed by atoms with van der Waals surface area (Å²) in [6.45, 7) is 2.94. The van der Waals surface area contributed by atoms with Gasteiger partial charge >= 0.3 is 0 Å². The van der Waals surface area contributed by atoms with E-state index in [1.54, 1.807) is 0 Å². The highest BCUT2D eigenvalue weighted by Gasteiger charge is 2.27. The van der Waals surface area contributed by atoms with Crippen LogP contribution in [0.1, 0.15) is 19.8 Å². The third-order valence-corrected chi connectivity index (χ3v) is 2.25. The summed E-state index contributed by atoms with van der Waals surface area (Å²) in [5.41, 5.74) is 5.54. The minimum absolute atomic E-state index is 0.0441. The number of carbonyl (C=O) groups excluding carboxylic acids is 2. The first-order valence-electron chi connectivity index (χ1n) is 4.89. The largest absolute Gasteiger partial charge is 0.356 e. The molecule has 1 aliphatic rings. The van der Waals surface area contributed by atoms with Gasteiger partial charge in [-0.25, -0.2) is 0 Å². The van der Waals surface area contributed by atoms with Gasteiger partial charge in [0, 0.05) is 25.6 Å². The van der Waals surface area contributed by atoms with Gasteiger partial charge in [-0.3, -0.25) is 9.59 Å². The molecule has 0 aliphatic carbocycles. The van der Waals surface area contributed by atoms with Gasteiger partial charge in [0.05, 0.1) is 5.92 Å². The molecule has 0 aromatic rings. The molecular weight excluding hydrogens is 182 g/mol. The molecule has 1 saturated heterocycles. The Morgan fingerprint density at radius 3 is 3.00 bits per heavy atom. The van der Waals surface area contributed by atoms with Crippen molar-refractivity contribution in [3.8, 4) is 0 Å². The van der Waals surface area contributed by atoms with E-state index >= 15 is 0 Å². The maximum absolute atomic E-state index is 11.4. The molecule has 0 bridgehead atoms. The van der Waals surface area contributed by atoms with Crippen molar-refractivity contribution in [3.05, 3.63) is 0 Å². The summed E-state index contributed by atoms with van der Waals surface area (Å²) >= 11 is 0. The summed E-state index contributed by atoms with van der Waals surface area (Å²) in [5.74, 6) is -0.295. The van der Waals surface area contributed by atoms with Crippen molar-refractivity contribution in [2.75, 3.05) is 13.1 Å². The lowest BCUT2D eigenvalue weighted by atomic mass is 10.1. The van der Waals surface area contributed by atoms with Crippen LogP contribution in [0, 0.1) is 5.92 Å². The topological polar surface area (TPSA) is 84.2 Å². The molecule has 14 heavy (non-hydrogen) atoms. The molecule has 80 valence electrons. The predicted octanol–water partition coefficient (Wildman–Crippen LogP) is -1.02. The second-order valence-corrected chi connectivity index (χ2v) is 3.76. The van der Waals surface area contributed by atoms with Crippen LogP contribution in [0.4, 0.5) is 0 Å². The van der Waals surface area contributed by atoms with Crippen LogP contribution in [0.5, 0.6) is 0 Å². The predicted molar refractivity (Wildman–Crippen MR) is 52.4 cm³/mol. The van der Waals surface area contributed by atoms with Crippen molar-refractivity contribution in [3.63, 3.8) is 0 Å². The number of rotatable bonds is 4. The summed E-state index contributed by atoms with van der Waals surface area (Å²) in [7, 11) is 0. The standard InChI is InChI=1S/C9H17N3O2/c1-6(10)2-3-11-9(14)7-4-8(13)12-5-7/h6-7H,2-5,10H2,1H3,(H,11,14)(H,12,13). The van der Waals surface area contributed by atoms with E-state index in [1.807, 2.05) is 6.92 Å². The smallest absolute Gasteiger partial charge is 0.225 e. The Labute approximate surface area is 83.4 Å². The molecule has 4 N–H and O–H groups in total. The minimum atomic E-state index is -0.199. The van der Waals surface area contributed by atoms with Gasteiger partial charge in [-0.05, 0) is 13.3 Å². The number of nitrogens with one attached hydrogen (secondary N) is 2. The molecule has 0 saturated carbocycles. The molecule has 0 aromatic heterocycles. The molecule has 2 atom stereocenters. The summed E-state index contributed by atoms with van der Waals surface area (Å²) in [4.78, 5) is 22.3. The van der Waals surface area contributed by atoms with Crippen LogP contribution in [-0.2, 0) is 9.59 Å². The highest BCUT2D eigenvalue weighted by Crippen LogP contribution is 2.08. The van der Waals surface area contributed by atoms with Crippen molar-refractivity contribution in [1.29, 1.82) is 0 Å². The third kappa shape index (κ3) is 3.33. The Morgan fingerprint density at radius 1 is 1.79 bits per heavy atom. The maximum atomic E-state index is 11.4. The zero-order chi connectivity index (χ0) is 10.6. The Kier molecular flexibility index (Phi) is 3.88. The normalized spacial score (nSPS) is 23.0. The van der Waals surface area contributed by atoms with E-state index in [2.05, 4.69) is 10.6 Å². The van der Waals surface area contributed by atoms with Crippen molar-refractivity contribution >= 4 is 11.8 Å². The van der Waals surface area contributed by atoms with Gasteiger partial charge in [-0.1, -0.05) is 0 Å². The first kappa shape index (κ1) is 11.0. The highest BCUT2D eigenvalue weighted by molar-refractivity contribution is 5.89. The fourth-order valence-corrected chi connectivity index (χ4v) is 1.36. The zero-order valence-corrected chi connectivity index (χ0v) is 8.38. The van der Waals surface area contributed by atoms with E-state index in [-0.39, 0.29) is 23.8 Å². The number of amides is 2. The van der Waals surface area contributed by atoms with Gasteiger partial charge in [-0.2, -0.15) is 0 Å². The maximum Gasteiger partial charge on any atom is 0.225 e. The Morgan fingerprint density at radius 2 is 2.50 bits per heavy atom. The van der Waals surface area contributed by atoms with Crippen LogP contribution in [0.25, 0.3) is 0 Å². The molecule has 5 nitrogen and oxygen atoms in total. The fraction of sp³-hybridized carbons (Fsp3) is 0.778. The van der Waals surface area contributed by atoms with Crippen LogP contribution < -0.4 is 16.4 Å². The molecule has 1 aliphatic heterocycles. The van der Waals surface area contributed by atoms with Crippen molar-refractivity contribution in [2.45, 2.75) is 25.8 Å².